The van der Waals surface area contributed by atoms with E-state index in [2.05, 4.69) is 5.32 Å². The van der Waals surface area contributed by atoms with E-state index in [1.165, 1.54) is 0 Å². The Morgan fingerprint density at radius 2 is 2.33 bits per heavy atom. The lowest BCUT2D eigenvalue weighted by atomic mass is 10.2. The molecule has 1 unspecified atom stereocenters. The van der Waals surface area contributed by atoms with Crippen molar-refractivity contribution < 1.29 is 14.2 Å². The second kappa shape index (κ2) is 6.47. The normalized spacial score (nSPS) is 18.4. The molecule has 1 atom stereocenters. The lowest BCUT2D eigenvalue weighted by Gasteiger charge is -2.14. The summed E-state index contributed by atoms with van der Waals surface area (Å²) in [6.07, 6.45) is 0.947. The van der Waals surface area contributed by atoms with Crippen molar-refractivity contribution in [2.75, 3.05) is 44.5 Å². The Morgan fingerprint density at radius 3 is 3.17 bits per heavy atom. The quantitative estimate of drug-likeness (QED) is 0.614. The molecule has 0 amide bonds. The van der Waals surface area contributed by atoms with E-state index in [0.29, 0.717) is 13.2 Å². The summed E-state index contributed by atoms with van der Waals surface area (Å²) in [5.74, 6) is 0.826. The summed E-state index contributed by atoms with van der Waals surface area (Å²) in [5, 5.41) is 3.30. The predicted octanol–water partition coefficient (Wildman–Crippen LogP) is 1.49. The Morgan fingerprint density at radius 1 is 1.44 bits per heavy atom. The van der Waals surface area contributed by atoms with Crippen molar-refractivity contribution in [2.24, 2.45) is 0 Å². The van der Waals surface area contributed by atoms with Gasteiger partial charge in [-0.2, -0.15) is 0 Å². The molecule has 2 rings (SSSR count). The van der Waals surface area contributed by atoms with E-state index in [1.54, 1.807) is 7.11 Å². The SMILES string of the molecule is COCCCOC1CNc2cc(N)ccc2OC1. The summed E-state index contributed by atoms with van der Waals surface area (Å²) in [6.45, 7) is 2.68. The summed E-state index contributed by atoms with van der Waals surface area (Å²) in [6, 6.07) is 5.59. The number of hydrogen-bond donors (Lipinski definition) is 2. The first kappa shape index (κ1) is 13.0. The third-order valence-corrected chi connectivity index (χ3v) is 2.79. The second-order valence-corrected chi connectivity index (χ2v) is 4.29. The number of nitrogens with one attached hydrogen (secondary N) is 1. The van der Waals surface area contributed by atoms with Crippen molar-refractivity contribution in [3.63, 3.8) is 0 Å². The third-order valence-electron chi connectivity index (χ3n) is 2.79. The first-order valence-electron chi connectivity index (χ1n) is 6.16. The van der Waals surface area contributed by atoms with E-state index in [0.717, 1.165) is 36.7 Å². The predicted molar refractivity (Wildman–Crippen MR) is 71.1 cm³/mol. The van der Waals surface area contributed by atoms with Crippen LogP contribution in [0.15, 0.2) is 18.2 Å². The van der Waals surface area contributed by atoms with Crippen LogP contribution < -0.4 is 15.8 Å². The van der Waals surface area contributed by atoms with Gasteiger partial charge in [-0.3, -0.25) is 0 Å². The molecule has 0 bridgehead atoms. The average Bonchev–Trinajstić information content (AvgIpc) is 2.57. The largest absolute Gasteiger partial charge is 0.489 e. The molecule has 1 aliphatic rings. The first-order valence-corrected chi connectivity index (χ1v) is 6.16. The number of nitrogens with two attached hydrogens (primary N) is 1. The molecule has 5 nitrogen and oxygen atoms in total. The van der Waals surface area contributed by atoms with Crippen LogP contribution in [0.2, 0.25) is 0 Å². The van der Waals surface area contributed by atoms with E-state index in [-0.39, 0.29) is 6.10 Å². The summed E-state index contributed by atoms with van der Waals surface area (Å²) >= 11 is 0. The van der Waals surface area contributed by atoms with E-state index in [4.69, 9.17) is 19.9 Å². The molecule has 0 aromatic heterocycles. The van der Waals surface area contributed by atoms with Gasteiger partial charge in [0.1, 0.15) is 18.5 Å². The maximum Gasteiger partial charge on any atom is 0.142 e. The van der Waals surface area contributed by atoms with Crippen molar-refractivity contribution in [3.8, 4) is 5.75 Å². The highest BCUT2D eigenvalue weighted by molar-refractivity contribution is 5.63. The van der Waals surface area contributed by atoms with E-state index < -0.39 is 0 Å². The average molecular weight is 252 g/mol. The summed E-state index contributed by atoms with van der Waals surface area (Å²) in [7, 11) is 1.69. The highest BCUT2D eigenvalue weighted by atomic mass is 16.5. The molecular formula is C13H20N2O3. The van der Waals surface area contributed by atoms with Gasteiger partial charge in [0, 0.05) is 32.6 Å². The van der Waals surface area contributed by atoms with Crippen LogP contribution in [0.3, 0.4) is 0 Å². The van der Waals surface area contributed by atoms with E-state index in [1.807, 2.05) is 18.2 Å². The Labute approximate surface area is 107 Å². The maximum atomic E-state index is 5.74. The van der Waals surface area contributed by atoms with Crippen LogP contribution in [-0.2, 0) is 9.47 Å². The summed E-state index contributed by atoms with van der Waals surface area (Å²) < 4.78 is 16.4. The minimum Gasteiger partial charge on any atom is -0.489 e. The lowest BCUT2D eigenvalue weighted by molar-refractivity contribution is 0.0214. The van der Waals surface area contributed by atoms with Crippen LogP contribution in [0.5, 0.6) is 5.75 Å². The lowest BCUT2D eigenvalue weighted by Crippen LogP contribution is -2.28. The van der Waals surface area contributed by atoms with Gasteiger partial charge in [-0.15, -0.1) is 0 Å². The number of fused-ring (bicyclic) bond motifs is 1. The molecule has 0 aliphatic carbocycles. The van der Waals surface area contributed by atoms with Gasteiger partial charge < -0.3 is 25.3 Å². The highest BCUT2D eigenvalue weighted by Crippen LogP contribution is 2.28. The standard InChI is InChI=1S/C13H20N2O3/c1-16-5-2-6-17-11-8-15-12-7-10(14)3-4-13(12)18-9-11/h3-4,7,11,15H,2,5-6,8-9,14H2,1H3. The number of anilines is 2. The van der Waals surface area contributed by atoms with Crippen LogP contribution >= 0.6 is 0 Å². The molecule has 5 heteroatoms. The first-order chi connectivity index (χ1) is 8.79. The number of rotatable bonds is 5. The van der Waals surface area contributed by atoms with Crippen LogP contribution in [0.25, 0.3) is 0 Å². The number of methoxy groups -OCH3 is 1. The van der Waals surface area contributed by atoms with Gasteiger partial charge >= 0.3 is 0 Å². The Bertz CT molecular complexity index is 384. The van der Waals surface area contributed by atoms with Crippen molar-refractivity contribution in [1.29, 1.82) is 0 Å². The van der Waals surface area contributed by atoms with Gasteiger partial charge in [0.25, 0.3) is 0 Å². The second-order valence-electron chi connectivity index (χ2n) is 4.29. The molecule has 0 saturated carbocycles. The van der Waals surface area contributed by atoms with Gasteiger partial charge in [-0.1, -0.05) is 0 Å². The van der Waals surface area contributed by atoms with Crippen molar-refractivity contribution in [2.45, 2.75) is 12.5 Å². The zero-order valence-electron chi connectivity index (χ0n) is 10.6. The van der Waals surface area contributed by atoms with Gasteiger partial charge in [-0.25, -0.2) is 0 Å². The summed E-state index contributed by atoms with van der Waals surface area (Å²) in [5.41, 5.74) is 7.40. The van der Waals surface area contributed by atoms with Gasteiger partial charge in [0.05, 0.1) is 5.69 Å². The smallest absolute Gasteiger partial charge is 0.142 e. The molecule has 18 heavy (non-hydrogen) atoms. The number of ether oxygens (including phenoxy) is 3. The molecule has 0 spiro atoms. The number of benzene rings is 1. The fourth-order valence-corrected chi connectivity index (χ4v) is 1.84. The van der Waals surface area contributed by atoms with Crippen LogP contribution in [-0.4, -0.2) is 39.6 Å². The highest BCUT2D eigenvalue weighted by Gasteiger charge is 2.16. The minimum absolute atomic E-state index is 0.0514. The molecule has 100 valence electrons. The molecule has 0 radical (unpaired) electrons. The Kier molecular flexibility index (Phi) is 4.66. The van der Waals surface area contributed by atoms with E-state index in [9.17, 15) is 0 Å². The maximum absolute atomic E-state index is 5.74. The molecule has 1 aliphatic heterocycles. The van der Waals surface area contributed by atoms with Crippen molar-refractivity contribution >= 4 is 11.4 Å². The Hall–Kier alpha value is -1.46. The third kappa shape index (κ3) is 3.51. The Balaban J connectivity index is 1.83. The fourth-order valence-electron chi connectivity index (χ4n) is 1.84. The van der Waals surface area contributed by atoms with Crippen molar-refractivity contribution in [1.82, 2.24) is 0 Å². The zero-order chi connectivity index (χ0) is 12.8. The zero-order valence-corrected chi connectivity index (χ0v) is 10.6. The van der Waals surface area contributed by atoms with E-state index >= 15 is 0 Å². The van der Waals surface area contributed by atoms with Crippen LogP contribution in [0.1, 0.15) is 6.42 Å². The molecule has 0 fully saturated rings. The molecule has 3 N–H and O–H groups in total. The van der Waals surface area contributed by atoms with Crippen LogP contribution in [0.4, 0.5) is 11.4 Å². The number of hydrogen-bond acceptors (Lipinski definition) is 5. The fraction of sp³-hybridized carbons (Fsp3) is 0.538. The molecular weight excluding hydrogens is 232 g/mol. The van der Waals surface area contributed by atoms with Crippen LogP contribution in [0, 0.1) is 0 Å². The van der Waals surface area contributed by atoms with Crippen molar-refractivity contribution in [3.05, 3.63) is 18.2 Å². The summed E-state index contributed by atoms with van der Waals surface area (Å²) in [4.78, 5) is 0. The molecule has 1 heterocycles. The molecule has 1 aromatic carbocycles. The monoisotopic (exact) mass is 252 g/mol. The topological polar surface area (TPSA) is 65.7 Å². The van der Waals surface area contributed by atoms with Gasteiger partial charge in [0.15, 0.2) is 0 Å². The minimum atomic E-state index is 0.0514. The molecule has 0 saturated heterocycles. The van der Waals surface area contributed by atoms with Gasteiger partial charge in [0.2, 0.25) is 0 Å². The van der Waals surface area contributed by atoms with Gasteiger partial charge in [-0.05, 0) is 24.6 Å². The molecule has 1 aromatic rings. The number of nitrogen functional groups attached to an aromatic ring is 1.